The Hall–Kier alpha value is -1.84. The van der Waals surface area contributed by atoms with Gasteiger partial charge in [-0.05, 0) is 57.6 Å². The van der Waals surface area contributed by atoms with Gasteiger partial charge in [0.05, 0.1) is 5.41 Å². The Morgan fingerprint density at radius 3 is 2.46 bits per heavy atom. The number of aliphatic carboxylic acids is 1. The molecule has 1 aromatic carbocycles. The molecule has 0 amide bonds. The number of hydrogen-bond donors (Lipinski definition) is 1. The summed E-state index contributed by atoms with van der Waals surface area (Å²) in [7, 11) is 0. The van der Waals surface area contributed by atoms with Gasteiger partial charge >= 0.3 is 11.9 Å². The molecule has 0 saturated heterocycles. The normalized spacial score (nSPS) is 16.8. The van der Waals surface area contributed by atoms with Crippen LogP contribution >= 0.6 is 0 Å². The molecule has 1 N–H and O–H groups in total. The van der Waals surface area contributed by atoms with Crippen molar-refractivity contribution in [2.45, 2.75) is 76.7 Å². The fourth-order valence-electron chi connectivity index (χ4n) is 3.46. The number of rotatable bonds is 6. The number of esters is 1. The first-order valence-corrected chi connectivity index (χ1v) is 8.78. The summed E-state index contributed by atoms with van der Waals surface area (Å²) >= 11 is 0. The highest BCUT2D eigenvalue weighted by Crippen LogP contribution is 2.41. The van der Waals surface area contributed by atoms with Crippen molar-refractivity contribution in [2.24, 2.45) is 0 Å². The summed E-state index contributed by atoms with van der Waals surface area (Å²) in [6.07, 6.45) is 5.20. The van der Waals surface area contributed by atoms with E-state index in [1.54, 1.807) is 0 Å². The van der Waals surface area contributed by atoms with Gasteiger partial charge in [0, 0.05) is 6.42 Å². The average Bonchev–Trinajstić information content (AvgIpc) is 2.96. The minimum atomic E-state index is -0.721. The highest BCUT2D eigenvalue weighted by molar-refractivity contribution is 5.81. The lowest BCUT2D eigenvalue weighted by molar-refractivity contribution is -0.154. The molecule has 1 fully saturated rings. The minimum Gasteiger partial charge on any atom is -0.481 e. The van der Waals surface area contributed by atoms with Crippen molar-refractivity contribution >= 4 is 11.9 Å². The number of ether oxygens (including phenoxy) is 1. The fraction of sp³-hybridized carbons (Fsp3) is 0.600. The number of benzene rings is 1. The number of carbonyl (C=O) groups excluding carboxylic acids is 1. The molecule has 0 radical (unpaired) electrons. The molecule has 4 nitrogen and oxygen atoms in total. The molecule has 24 heavy (non-hydrogen) atoms. The van der Waals surface area contributed by atoms with Crippen molar-refractivity contribution in [3.05, 3.63) is 35.4 Å². The van der Waals surface area contributed by atoms with Crippen molar-refractivity contribution < 1.29 is 19.4 Å². The summed E-state index contributed by atoms with van der Waals surface area (Å²) in [5, 5.41) is 9.70. The van der Waals surface area contributed by atoms with Gasteiger partial charge in [0.1, 0.15) is 5.60 Å². The first-order valence-electron chi connectivity index (χ1n) is 8.78. The van der Waals surface area contributed by atoms with Gasteiger partial charge in [-0.2, -0.15) is 0 Å². The van der Waals surface area contributed by atoms with Crippen LogP contribution in [0.2, 0.25) is 0 Å². The smallest absolute Gasteiger partial charge is 0.314 e. The fourth-order valence-corrected chi connectivity index (χ4v) is 3.46. The third kappa shape index (κ3) is 4.59. The molecule has 1 aliphatic rings. The number of aryl methyl sites for hydroxylation is 1. The molecular formula is C20H28O4. The molecule has 1 aliphatic carbocycles. The molecule has 132 valence electrons. The Labute approximate surface area is 144 Å². The second-order valence-electron chi connectivity index (χ2n) is 7.73. The molecule has 0 heterocycles. The van der Waals surface area contributed by atoms with Crippen LogP contribution in [0.3, 0.4) is 0 Å². The van der Waals surface area contributed by atoms with Crippen LogP contribution in [0.4, 0.5) is 0 Å². The van der Waals surface area contributed by atoms with E-state index in [1.165, 1.54) is 0 Å². The van der Waals surface area contributed by atoms with Gasteiger partial charge in [0.2, 0.25) is 0 Å². The Morgan fingerprint density at radius 2 is 1.88 bits per heavy atom. The maximum atomic E-state index is 11.8. The predicted molar refractivity (Wildman–Crippen MR) is 93.0 cm³/mol. The Kier molecular flexibility index (Phi) is 5.68. The molecular weight excluding hydrogens is 304 g/mol. The number of carboxylic acids is 1. The standard InChI is InChI=1S/C20H28O4/c1-19(2,3)24-17(21)11-7-9-15-8-6-10-16(14-15)20(18(22)23)12-4-5-13-20/h6,8,10,14H,4-5,7,9,11-13H2,1-3H3,(H,22,23). The van der Waals surface area contributed by atoms with Crippen molar-refractivity contribution in [3.8, 4) is 0 Å². The van der Waals surface area contributed by atoms with E-state index in [1.807, 2.05) is 45.0 Å². The maximum absolute atomic E-state index is 11.8. The van der Waals surface area contributed by atoms with Crippen LogP contribution in [-0.4, -0.2) is 22.6 Å². The summed E-state index contributed by atoms with van der Waals surface area (Å²) in [6.45, 7) is 5.59. The molecule has 4 heteroatoms. The van der Waals surface area contributed by atoms with Gasteiger partial charge in [-0.1, -0.05) is 37.1 Å². The van der Waals surface area contributed by atoms with Gasteiger partial charge in [-0.3, -0.25) is 9.59 Å². The summed E-state index contributed by atoms with van der Waals surface area (Å²) < 4.78 is 5.31. The van der Waals surface area contributed by atoms with Crippen LogP contribution in [0.5, 0.6) is 0 Å². The molecule has 1 aromatic rings. The predicted octanol–water partition coefficient (Wildman–Crippen LogP) is 4.25. The van der Waals surface area contributed by atoms with Crippen molar-refractivity contribution in [1.29, 1.82) is 0 Å². The molecule has 0 unspecified atom stereocenters. The van der Waals surface area contributed by atoms with Crippen LogP contribution in [0, 0.1) is 0 Å². The van der Waals surface area contributed by atoms with E-state index >= 15 is 0 Å². The first kappa shape index (κ1) is 18.5. The monoisotopic (exact) mass is 332 g/mol. The van der Waals surface area contributed by atoms with Gasteiger partial charge in [-0.15, -0.1) is 0 Å². The van der Waals surface area contributed by atoms with Gasteiger partial charge in [0.15, 0.2) is 0 Å². The molecule has 1 saturated carbocycles. The SMILES string of the molecule is CC(C)(C)OC(=O)CCCc1cccc(C2(C(=O)O)CCCC2)c1. The summed E-state index contributed by atoms with van der Waals surface area (Å²) in [4.78, 5) is 23.6. The second kappa shape index (κ2) is 7.37. The lowest BCUT2D eigenvalue weighted by atomic mass is 9.78. The van der Waals surface area contributed by atoms with E-state index in [4.69, 9.17) is 4.74 Å². The third-order valence-electron chi connectivity index (χ3n) is 4.61. The number of carboxylic acid groups (broad SMARTS) is 1. The van der Waals surface area contributed by atoms with Crippen LogP contribution in [-0.2, 0) is 26.2 Å². The van der Waals surface area contributed by atoms with E-state index in [9.17, 15) is 14.7 Å². The Balaban J connectivity index is 1.98. The number of hydrogen-bond acceptors (Lipinski definition) is 3. The van der Waals surface area contributed by atoms with E-state index in [-0.39, 0.29) is 5.97 Å². The second-order valence-corrected chi connectivity index (χ2v) is 7.73. The Bertz CT molecular complexity index is 592. The summed E-state index contributed by atoms with van der Waals surface area (Å²) in [6, 6.07) is 7.87. The number of carbonyl (C=O) groups is 2. The zero-order chi connectivity index (χ0) is 17.8. The maximum Gasteiger partial charge on any atom is 0.314 e. The van der Waals surface area contributed by atoms with E-state index in [0.717, 1.165) is 30.4 Å². The van der Waals surface area contributed by atoms with Crippen LogP contribution < -0.4 is 0 Å². The molecule has 0 aromatic heterocycles. The lowest BCUT2D eigenvalue weighted by Crippen LogP contribution is -2.32. The van der Waals surface area contributed by atoms with Crippen molar-refractivity contribution in [2.75, 3.05) is 0 Å². The minimum absolute atomic E-state index is 0.184. The molecule has 2 rings (SSSR count). The van der Waals surface area contributed by atoms with Gasteiger partial charge < -0.3 is 9.84 Å². The lowest BCUT2D eigenvalue weighted by Gasteiger charge is -2.25. The van der Waals surface area contributed by atoms with Crippen LogP contribution in [0.1, 0.15) is 70.4 Å². The van der Waals surface area contributed by atoms with Crippen molar-refractivity contribution in [3.63, 3.8) is 0 Å². The zero-order valence-electron chi connectivity index (χ0n) is 14.9. The van der Waals surface area contributed by atoms with E-state index in [0.29, 0.717) is 25.7 Å². The average molecular weight is 332 g/mol. The quantitative estimate of drug-likeness (QED) is 0.791. The highest BCUT2D eigenvalue weighted by Gasteiger charge is 2.42. The summed E-state index contributed by atoms with van der Waals surface area (Å²) in [5.74, 6) is -0.901. The van der Waals surface area contributed by atoms with E-state index in [2.05, 4.69) is 0 Å². The van der Waals surface area contributed by atoms with Gasteiger partial charge in [-0.25, -0.2) is 0 Å². The third-order valence-corrected chi connectivity index (χ3v) is 4.61. The molecule has 0 bridgehead atoms. The zero-order valence-corrected chi connectivity index (χ0v) is 14.9. The van der Waals surface area contributed by atoms with Crippen molar-refractivity contribution in [1.82, 2.24) is 0 Å². The topological polar surface area (TPSA) is 63.6 Å². The van der Waals surface area contributed by atoms with Crippen LogP contribution in [0.15, 0.2) is 24.3 Å². The Morgan fingerprint density at radius 1 is 1.21 bits per heavy atom. The van der Waals surface area contributed by atoms with Gasteiger partial charge in [0.25, 0.3) is 0 Å². The highest BCUT2D eigenvalue weighted by atomic mass is 16.6. The van der Waals surface area contributed by atoms with E-state index < -0.39 is 17.0 Å². The molecule has 0 atom stereocenters. The largest absolute Gasteiger partial charge is 0.481 e. The molecule has 0 aliphatic heterocycles. The summed E-state index contributed by atoms with van der Waals surface area (Å²) in [5.41, 5.74) is 0.819. The van der Waals surface area contributed by atoms with Crippen LogP contribution in [0.25, 0.3) is 0 Å². The molecule has 0 spiro atoms. The first-order chi connectivity index (χ1) is 11.2.